The number of halogens is 1. The molecule has 1 amide bonds. The number of carbonyl (C=O) groups is 1. The predicted octanol–water partition coefficient (Wildman–Crippen LogP) is 4.11. The van der Waals surface area contributed by atoms with E-state index in [2.05, 4.69) is 9.88 Å². The van der Waals surface area contributed by atoms with E-state index >= 15 is 0 Å². The van der Waals surface area contributed by atoms with Crippen LogP contribution in [0.4, 0.5) is 4.39 Å². The Labute approximate surface area is 180 Å². The van der Waals surface area contributed by atoms with Crippen LogP contribution in [0.2, 0.25) is 0 Å². The smallest absolute Gasteiger partial charge is 0.264 e. The fraction of sp³-hybridized carbons (Fsp3) is 0.391. The van der Waals surface area contributed by atoms with E-state index < -0.39 is 0 Å². The van der Waals surface area contributed by atoms with Crippen LogP contribution in [0, 0.1) is 12.7 Å². The quantitative estimate of drug-likeness (QED) is 0.569. The van der Waals surface area contributed by atoms with Gasteiger partial charge in [0.1, 0.15) is 5.82 Å². The maximum Gasteiger partial charge on any atom is 0.264 e. The van der Waals surface area contributed by atoms with E-state index in [1.54, 1.807) is 18.5 Å². The van der Waals surface area contributed by atoms with Gasteiger partial charge in [0.05, 0.1) is 18.1 Å². The number of aryl methyl sites for hydroxylation is 1. The first-order chi connectivity index (χ1) is 14.6. The molecule has 0 unspecified atom stereocenters. The molecule has 1 fully saturated rings. The minimum absolute atomic E-state index is 0.00731. The number of amides is 1. The largest absolute Gasteiger partial charge is 0.379 e. The van der Waals surface area contributed by atoms with E-state index in [4.69, 9.17) is 4.74 Å². The highest BCUT2D eigenvalue weighted by molar-refractivity contribution is 7.21. The second-order valence-electron chi connectivity index (χ2n) is 7.59. The zero-order chi connectivity index (χ0) is 20.9. The van der Waals surface area contributed by atoms with Gasteiger partial charge in [-0.3, -0.25) is 14.7 Å². The molecule has 1 aromatic carbocycles. The van der Waals surface area contributed by atoms with Gasteiger partial charge >= 0.3 is 0 Å². The van der Waals surface area contributed by atoms with Crippen LogP contribution < -0.4 is 0 Å². The molecule has 1 saturated heterocycles. The molecule has 3 heterocycles. The number of hydrogen-bond donors (Lipinski definition) is 0. The van der Waals surface area contributed by atoms with E-state index in [-0.39, 0.29) is 11.7 Å². The number of hydrogen-bond acceptors (Lipinski definition) is 5. The standard InChI is InChI=1S/C23H26FN3O2S/c1-17-20-15-19(24)3-4-21(20)30-22(17)23(28)27(16-18-5-7-25-8-6-18)10-2-9-26-11-13-29-14-12-26/h3-8,15H,2,9-14,16H2,1H3. The summed E-state index contributed by atoms with van der Waals surface area (Å²) in [6.07, 6.45) is 4.40. The monoisotopic (exact) mass is 427 g/mol. The third-order valence-corrected chi connectivity index (χ3v) is 6.77. The van der Waals surface area contributed by atoms with Crippen LogP contribution in [0.1, 0.15) is 27.2 Å². The number of morpholine rings is 1. The molecule has 2 aromatic heterocycles. The molecule has 30 heavy (non-hydrogen) atoms. The molecular formula is C23H26FN3O2S. The molecule has 0 atom stereocenters. The number of nitrogens with zero attached hydrogens (tertiary/aromatic N) is 3. The summed E-state index contributed by atoms with van der Waals surface area (Å²) in [7, 11) is 0. The minimum Gasteiger partial charge on any atom is -0.379 e. The predicted molar refractivity (Wildman–Crippen MR) is 117 cm³/mol. The van der Waals surface area contributed by atoms with E-state index in [1.807, 2.05) is 24.0 Å². The molecule has 0 N–H and O–H groups in total. The number of rotatable bonds is 7. The fourth-order valence-corrected chi connectivity index (χ4v) is 4.97. The fourth-order valence-electron chi connectivity index (χ4n) is 3.81. The summed E-state index contributed by atoms with van der Waals surface area (Å²) in [5.74, 6) is -0.269. The molecule has 158 valence electrons. The van der Waals surface area contributed by atoms with Crippen molar-refractivity contribution in [2.75, 3.05) is 39.4 Å². The van der Waals surface area contributed by atoms with Gasteiger partial charge < -0.3 is 9.64 Å². The summed E-state index contributed by atoms with van der Waals surface area (Å²) in [6.45, 7) is 7.49. The van der Waals surface area contributed by atoms with Crippen molar-refractivity contribution in [3.63, 3.8) is 0 Å². The van der Waals surface area contributed by atoms with Crippen molar-refractivity contribution in [2.24, 2.45) is 0 Å². The zero-order valence-corrected chi connectivity index (χ0v) is 18.0. The van der Waals surface area contributed by atoms with E-state index in [9.17, 15) is 9.18 Å². The van der Waals surface area contributed by atoms with Crippen molar-refractivity contribution in [1.29, 1.82) is 0 Å². The van der Waals surface area contributed by atoms with Gasteiger partial charge in [-0.25, -0.2) is 4.39 Å². The molecule has 1 aliphatic rings. The van der Waals surface area contributed by atoms with Crippen LogP contribution in [-0.2, 0) is 11.3 Å². The van der Waals surface area contributed by atoms with Gasteiger partial charge in [-0.1, -0.05) is 0 Å². The number of benzene rings is 1. The first kappa shape index (κ1) is 20.9. The van der Waals surface area contributed by atoms with Crippen molar-refractivity contribution in [3.8, 4) is 0 Å². The molecule has 0 radical (unpaired) electrons. The van der Waals surface area contributed by atoms with Crippen molar-refractivity contribution in [2.45, 2.75) is 19.9 Å². The molecule has 0 aliphatic carbocycles. The summed E-state index contributed by atoms with van der Waals surface area (Å²) >= 11 is 1.44. The lowest BCUT2D eigenvalue weighted by molar-refractivity contribution is 0.0356. The first-order valence-electron chi connectivity index (χ1n) is 10.3. The Morgan fingerprint density at radius 3 is 2.77 bits per heavy atom. The molecule has 7 heteroatoms. The van der Waals surface area contributed by atoms with Gasteiger partial charge in [0.2, 0.25) is 0 Å². The maximum atomic E-state index is 13.7. The highest BCUT2D eigenvalue weighted by atomic mass is 32.1. The molecule has 1 aliphatic heterocycles. The lowest BCUT2D eigenvalue weighted by atomic mass is 10.1. The van der Waals surface area contributed by atoms with Gasteiger partial charge in [0, 0.05) is 49.8 Å². The van der Waals surface area contributed by atoms with Crippen LogP contribution >= 0.6 is 11.3 Å². The first-order valence-corrected chi connectivity index (χ1v) is 11.1. The summed E-state index contributed by atoms with van der Waals surface area (Å²) in [5.41, 5.74) is 1.90. The van der Waals surface area contributed by atoms with Gasteiger partial charge in [0.25, 0.3) is 5.91 Å². The Morgan fingerprint density at radius 1 is 1.23 bits per heavy atom. The van der Waals surface area contributed by atoms with Crippen LogP contribution in [0.15, 0.2) is 42.7 Å². The lowest BCUT2D eigenvalue weighted by Gasteiger charge is -2.28. The summed E-state index contributed by atoms with van der Waals surface area (Å²) in [6, 6.07) is 8.60. The van der Waals surface area contributed by atoms with E-state index in [0.29, 0.717) is 18.0 Å². The number of pyridine rings is 1. The van der Waals surface area contributed by atoms with Crippen LogP contribution in [0.5, 0.6) is 0 Å². The van der Waals surface area contributed by atoms with Crippen molar-refractivity contribution >= 4 is 27.3 Å². The van der Waals surface area contributed by atoms with Crippen LogP contribution in [0.3, 0.4) is 0 Å². The highest BCUT2D eigenvalue weighted by Gasteiger charge is 2.22. The average molecular weight is 428 g/mol. The molecular weight excluding hydrogens is 401 g/mol. The van der Waals surface area contributed by atoms with Gasteiger partial charge in [0.15, 0.2) is 0 Å². The molecule has 4 rings (SSSR count). The SMILES string of the molecule is Cc1c(C(=O)N(CCCN2CCOCC2)Cc2ccncc2)sc2ccc(F)cc12. The minimum atomic E-state index is -0.276. The third-order valence-electron chi connectivity index (χ3n) is 5.51. The lowest BCUT2D eigenvalue weighted by Crippen LogP contribution is -2.39. The van der Waals surface area contributed by atoms with E-state index in [0.717, 1.165) is 60.5 Å². The summed E-state index contributed by atoms with van der Waals surface area (Å²) in [5, 5.41) is 0.820. The zero-order valence-electron chi connectivity index (χ0n) is 17.1. The number of thiophene rings is 1. The number of fused-ring (bicyclic) bond motifs is 1. The Morgan fingerprint density at radius 2 is 2.00 bits per heavy atom. The second kappa shape index (κ2) is 9.64. The van der Waals surface area contributed by atoms with Crippen molar-refractivity contribution in [3.05, 3.63) is 64.5 Å². The molecule has 0 bridgehead atoms. The molecule has 0 saturated carbocycles. The van der Waals surface area contributed by atoms with Gasteiger partial charge in [-0.2, -0.15) is 0 Å². The second-order valence-corrected chi connectivity index (χ2v) is 8.64. The van der Waals surface area contributed by atoms with Crippen LogP contribution in [0.25, 0.3) is 10.1 Å². The Hall–Kier alpha value is -2.35. The summed E-state index contributed by atoms with van der Waals surface area (Å²) in [4.78, 5) is 22.6. The van der Waals surface area contributed by atoms with Crippen molar-refractivity contribution < 1.29 is 13.9 Å². The maximum absolute atomic E-state index is 13.7. The Balaban J connectivity index is 1.53. The third kappa shape index (κ3) is 4.86. The average Bonchev–Trinajstić information content (AvgIpc) is 3.10. The van der Waals surface area contributed by atoms with Gasteiger partial charge in [-0.15, -0.1) is 11.3 Å². The van der Waals surface area contributed by atoms with Crippen molar-refractivity contribution in [1.82, 2.24) is 14.8 Å². The van der Waals surface area contributed by atoms with E-state index in [1.165, 1.54) is 23.5 Å². The molecule has 0 spiro atoms. The summed E-state index contributed by atoms with van der Waals surface area (Å²) < 4.78 is 20.1. The van der Waals surface area contributed by atoms with Gasteiger partial charge in [-0.05, 0) is 60.2 Å². The number of ether oxygens (including phenoxy) is 1. The highest BCUT2D eigenvalue weighted by Crippen LogP contribution is 2.32. The Bertz CT molecular complexity index is 1000. The van der Waals surface area contributed by atoms with Crippen LogP contribution in [-0.4, -0.2) is 60.1 Å². The number of carbonyl (C=O) groups excluding carboxylic acids is 1. The topological polar surface area (TPSA) is 45.7 Å². The number of aromatic nitrogens is 1. The molecule has 5 nitrogen and oxygen atoms in total. The normalized spacial score (nSPS) is 14.9. The molecule has 3 aromatic rings. The Kier molecular flexibility index (Phi) is 6.72.